The number of aromatic amines is 1. The number of carbonyl (C=O) groups is 9. The number of carboxylic acid groups (broad SMARTS) is 2. The summed E-state index contributed by atoms with van der Waals surface area (Å²) < 4.78 is 31.7. The van der Waals surface area contributed by atoms with E-state index < -0.39 is 114 Å². The highest BCUT2D eigenvalue weighted by Crippen LogP contribution is 2.21. The third kappa shape index (κ3) is 21.0. The molecule has 1 aromatic heterocycles. The van der Waals surface area contributed by atoms with Crippen LogP contribution in [-0.2, 0) is 56.0 Å². The lowest BCUT2D eigenvalue weighted by Gasteiger charge is -2.32. The molecular formula is C45H68F3N13O12. The summed E-state index contributed by atoms with van der Waals surface area (Å²) in [5.41, 5.74) is 11.9. The number of aromatic nitrogens is 2. The van der Waals surface area contributed by atoms with Crippen LogP contribution in [0.15, 0.2) is 41.8 Å². The average molecular weight is 1040 g/mol. The second kappa shape index (κ2) is 29.7. The Hall–Kier alpha value is -7.52. The first-order valence-electron chi connectivity index (χ1n) is 23.3. The average Bonchev–Trinajstić information content (AvgIpc) is 4.03. The number of carboxylic acids is 2. The molecule has 1 aliphatic heterocycles. The molecule has 0 bridgehead atoms. The molecule has 3 rings (SSSR count). The summed E-state index contributed by atoms with van der Waals surface area (Å²) in [6.07, 6.45) is -0.838. The van der Waals surface area contributed by atoms with Crippen molar-refractivity contribution in [2.45, 2.75) is 128 Å². The van der Waals surface area contributed by atoms with Crippen molar-refractivity contribution in [1.29, 1.82) is 0 Å². The van der Waals surface area contributed by atoms with E-state index in [2.05, 4.69) is 52.2 Å². The molecule has 8 atom stereocenters. The molecule has 25 nitrogen and oxygen atoms in total. The van der Waals surface area contributed by atoms with Crippen LogP contribution in [-0.4, -0.2) is 165 Å². The number of guanidine groups is 1. The third-order valence-electron chi connectivity index (χ3n) is 11.4. The predicted molar refractivity (Wildman–Crippen MR) is 256 cm³/mol. The summed E-state index contributed by atoms with van der Waals surface area (Å²) in [5.74, 6) is -9.86. The molecule has 2 heterocycles. The van der Waals surface area contributed by atoms with E-state index in [1.807, 2.05) is 0 Å². The fourth-order valence-corrected chi connectivity index (χ4v) is 7.21. The summed E-state index contributed by atoms with van der Waals surface area (Å²) in [7, 11) is 1.57. The Balaban J connectivity index is 0.00000242. The molecule has 2 aromatic rings. The number of hydrogen-bond donors (Lipinski definition) is 13. The summed E-state index contributed by atoms with van der Waals surface area (Å²) in [4.78, 5) is 129. The van der Waals surface area contributed by atoms with E-state index in [4.69, 9.17) is 21.4 Å². The number of alkyl halides is 3. The first kappa shape index (κ1) is 61.6. The van der Waals surface area contributed by atoms with Crippen molar-refractivity contribution in [3.05, 3.63) is 48.0 Å². The maximum atomic E-state index is 14.4. The number of imidazole rings is 1. The Labute approximate surface area is 419 Å². The summed E-state index contributed by atoms with van der Waals surface area (Å²) in [5, 5.41) is 45.2. The third-order valence-corrected chi connectivity index (χ3v) is 11.4. The number of amides is 7. The van der Waals surface area contributed by atoms with E-state index in [9.17, 15) is 61.7 Å². The largest absolute Gasteiger partial charge is 0.508 e. The molecular weight excluding hydrogens is 972 g/mol. The van der Waals surface area contributed by atoms with E-state index in [0.717, 1.165) is 0 Å². The number of carbonyl (C=O) groups excluding carboxylic acids is 7. The van der Waals surface area contributed by atoms with Gasteiger partial charge in [-0.25, -0.2) is 9.78 Å². The minimum Gasteiger partial charge on any atom is -0.508 e. The van der Waals surface area contributed by atoms with Crippen molar-refractivity contribution in [2.75, 3.05) is 26.7 Å². The van der Waals surface area contributed by atoms with Crippen LogP contribution in [0.2, 0.25) is 0 Å². The van der Waals surface area contributed by atoms with Crippen LogP contribution in [0, 0.1) is 11.8 Å². The quantitative estimate of drug-likeness (QED) is 0.0290. The number of phenolic OH excluding ortho intramolecular Hbond substituents is 1. The lowest BCUT2D eigenvalue weighted by Crippen LogP contribution is -2.62. The number of nitrogens with two attached hydrogens (primary N) is 2. The Morgan fingerprint density at radius 3 is 1.96 bits per heavy atom. The molecule has 1 fully saturated rings. The number of phenols is 1. The molecule has 0 saturated carbocycles. The summed E-state index contributed by atoms with van der Waals surface area (Å²) in [6.45, 7) is 8.47. The van der Waals surface area contributed by atoms with Gasteiger partial charge in [0.15, 0.2) is 5.96 Å². The molecule has 1 aromatic carbocycles. The van der Waals surface area contributed by atoms with Crippen LogP contribution in [0.25, 0.3) is 0 Å². The van der Waals surface area contributed by atoms with Crippen LogP contribution in [0.3, 0.4) is 0 Å². The van der Waals surface area contributed by atoms with Gasteiger partial charge in [0.25, 0.3) is 0 Å². The van der Waals surface area contributed by atoms with Crippen molar-refractivity contribution in [3.8, 4) is 5.75 Å². The molecule has 28 heteroatoms. The fraction of sp³-hybridized carbons (Fsp3) is 0.578. The molecule has 406 valence electrons. The molecule has 73 heavy (non-hydrogen) atoms. The standard InChI is InChI=1S/C43H67N13O10.C2HF3O2/c1-7-24(4)35(40(63)53-31(19-27-20-47-22-49-27)41(64)56-17-9-11-32(56)38(61)50-25(5)42(65)66)55-37(60)30(18-26-12-14-28(57)15-13-26)52-39(62)34(23(2)3)54-36(59)29(51-33(58)21-46-6)10-8-16-48-43(44)45;3-2(4,5)1(6)7/h12-15,20,22-25,29-32,34-35,46,57H,7-11,16-19,21H2,1-6H3,(H,47,49)(H,50,61)(H,51,58)(H,52,62)(H,53,63)(H,54,59)(H,55,60)(H,65,66)(H4,44,45,48);(H,6,7)/t24-,25-,29+,30-,31+,32+,34+,35-;/m1./s1. The number of hydrogen-bond acceptors (Lipinski definition) is 13. The molecule has 7 amide bonds. The van der Waals surface area contributed by atoms with Crippen molar-refractivity contribution >= 4 is 59.2 Å². The highest BCUT2D eigenvalue weighted by Gasteiger charge is 2.41. The van der Waals surface area contributed by atoms with Gasteiger partial charge in [-0.15, -0.1) is 0 Å². The van der Waals surface area contributed by atoms with Crippen molar-refractivity contribution in [2.24, 2.45) is 28.3 Å². The summed E-state index contributed by atoms with van der Waals surface area (Å²) >= 11 is 0. The van der Waals surface area contributed by atoms with Crippen LogP contribution in [0.4, 0.5) is 13.2 Å². The first-order chi connectivity index (χ1) is 34.2. The van der Waals surface area contributed by atoms with Gasteiger partial charge in [-0.3, -0.25) is 43.3 Å². The van der Waals surface area contributed by atoms with E-state index in [0.29, 0.717) is 30.5 Å². The van der Waals surface area contributed by atoms with E-state index in [-0.39, 0.29) is 57.0 Å². The number of halogens is 3. The second-order valence-electron chi connectivity index (χ2n) is 17.5. The highest BCUT2D eigenvalue weighted by molar-refractivity contribution is 5.98. The zero-order valence-corrected chi connectivity index (χ0v) is 41.4. The van der Waals surface area contributed by atoms with Gasteiger partial charge in [-0.05, 0) is 69.2 Å². The van der Waals surface area contributed by atoms with Crippen LogP contribution >= 0.6 is 0 Å². The fourth-order valence-electron chi connectivity index (χ4n) is 7.21. The Morgan fingerprint density at radius 1 is 0.836 bits per heavy atom. The van der Waals surface area contributed by atoms with Gasteiger partial charge in [-0.1, -0.05) is 46.2 Å². The van der Waals surface area contributed by atoms with Crippen molar-refractivity contribution in [1.82, 2.24) is 52.1 Å². The minimum absolute atomic E-state index is 0.0375. The number of H-pyrrole nitrogens is 1. The summed E-state index contributed by atoms with van der Waals surface area (Å²) in [6, 6.07) is -2.40. The number of aromatic hydroxyl groups is 1. The topological polar surface area (TPSA) is 395 Å². The number of rotatable bonds is 26. The normalized spacial score (nSPS) is 16.1. The van der Waals surface area contributed by atoms with Gasteiger partial charge in [0.2, 0.25) is 41.4 Å². The number of aliphatic carboxylic acids is 2. The lowest BCUT2D eigenvalue weighted by atomic mass is 9.96. The Morgan fingerprint density at radius 2 is 1.42 bits per heavy atom. The number of likely N-dealkylation sites (tertiary alicyclic amines) is 1. The molecule has 0 spiro atoms. The lowest BCUT2D eigenvalue weighted by molar-refractivity contribution is -0.192. The van der Waals surface area contributed by atoms with E-state index in [1.165, 1.54) is 36.5 Å². The van der Waals surface area contributed by atoms with Crippen molar-refractivity contribution in [3.63, 3.8) is 0 Å². The Bertz CT molecular complexity index is 2210. The Kier molecular flexibility index (Phi) is 25.1. The van der Waals surface area contributed by atoms with Crippen LogP contribution in [0.1, 0.15) is 78.0 Å². The van der Waals surface area contributed by atoms with Crippen LogP contribution in [0.5, 0.6) is 5.75 Å². The van der Waals surface area contributed by atoms with E-state index in [1.54, 1.807) is 46.9 Å². The zero-order valence-electron chi connectivity index (χ0n) is 41.4. The van der Waals surface area contributed by atoms with Gasteiger partial charge < -0.3 is 73.9 Å². The first-order valence-corrected chi connectivity index (χ1v) is 23.3. The number of likely N-dealkylation sites (N-methyl/N-ethyl adjacent to an activating group) is 1. The highest BCUT2D eigenvalue weighted by atomic mass is 19.4. The van der Waals surface area contributed by atoms with Gasteiger partial charge in [0, 0.05) is 37.8 Å². The number of aliphatic imine (C=N–C) groups is 1. The maximum absolute atomic E-state index is 14.4. The predicted octanol–water partition coefficient (Wildman–Crippen LogP) is -1.49. The van der Waals surface area contributed by atoms with Gasteiger partial charge >= 0.3 is 18.1 Å². The number of nitrogens with one attached hydrogen (secondary N) is 8. The molecule has 1 aliphatic rings. The smallest absolute Gasteiger partial charge is 0.490 e. The van der Waals surface area contributed by atoms with Gasteiger partial charge in [0.05, 0.1) is 12.9 Å². The zero-order chi connectivity index (χ0) is 55.2. The second-order valence-corrected chi connectivity index (χ2v) is 17.5. The molecule has 0 aliphatic carbocycles. The van der Waals surface area contributed by atoms with Crippen molar-refractivity contribution < 1.29 is 71.6 Å². The molecule has 0 radical (unpaired) electrons. The van der Waals surface area contributed by atoms with Gasteiger partial charge in [0.1, 0.15) is 48.0 Å². The monoisotopic (exact) mass is 1040 g/mol. The minimum atomic E-state index is -5.08. The maximum Gasteiger partial charge on any atom is 0.490 e. The number of nitrogens with zero attached hydrogens (tertiary/aromatic N) is 3. The van der Waals surface area contributed by atoms with Gasteiger partial charge in [-0.2, -0.15) is 13.2 Å². The van der Waals surface area contributed by atoms with Crippen LogP contribution < -0.4 is 48.7 Å². The number of benzene rings is 1. The molecule has 15 N–H and O–H groups in total. The van der Waals surface area contributed by atoms with E-state index >= 15 is 0 Å². The molecule has 0 unspecified atom stereocenters. The molecule has 1 saturated heterocycles. The SMILES string of the molecule is CC[C@@H](C)[C@@H](NC(=O)[C@@H](Cc1ccc(O)cc1)NC(=O)[C@@H](NC(=O)[C@H](CCCN=C(N)N)NC(=O)CNC)C(C)C)C(=O)N[C@@H](Cc1cnc[nH]1)C(=O)N1CCC[C@H]1C(=O)N[C@H](C)C(=O)O.O=C(O)C(F)(F)F.